The van der Waals surface area contributed by atoms with Gasteiger partial charge in [-0.2, -0.15) is 0 Å². The van der Waals surface area contributed by atoms with Crippen molar-refractivity contribution in [3.63, 3.8) is 0 Å². The first kappa shape index (κ1) is 16.5. The van der Waals surface area contributed by atoms with Gasteiger partial charge in [-0.1, -0.05) is 51.0 Å². The van der Waals surface area contributed by atoms with Crippen LogP contribution in [0.2, 0.25) is 0 Å². The average molecular weight is 302 g/mol. The van der Waals surface area contributed by atoms with Crippen molar-refractivity contribution in [1.29, 1.82) is 0 Å². The second-order valence-corrected chi connectivity index (χ2v) is 6.03. The fraction of sp³-hybridized carbons (Fsp3) is 0.556. The molecule has 0 fully saturated rings. The number of rotatable bonds is 6. The zero-order valence-electron chi connectivity index (χ0n) is 13.5. The number of amides is 2. The molecule has 4 heteroatoms. The maximum atomic E-state index is 12.9. The highest BCUT2D eigenvalue weighted by Gasteiger charge is 2.36. The Morgan fingerprint density at radius 1 is 1.32 bits per heavy atom. The molecule has 0 aliphatic carbocycles. The predicted molar refractivity (Wildman–Crippen MR) is 87.1 cm³/mol. The van der Waals surface area contributed by atoms with Crippen molar-refractivity contribution in [2.45, 2.75) is 52.0 Å². The summed E-state index contributed by atoms with van der Waals surface area (Å²) in [5.41, 5.74) is 7.63. The topological polar surface area (TPSA) is 63.4 Å². The van der Waals surface area contributed by atoms with Crippen LogP contribution in [0.15, 0.2) is 24.3 Å². The van der Waals surface area contributed by atoms with Crippen LogP contribution in [0, 0.1) is 5.92 Å². The van der Waals surface area contributed by atoms with Crippen LogP contribution >= 0.6 is 0 Å². The number of carbonyl (C=O) groups is 2. The predicted octanol–water partition coefficient (Wildman–Crippen LogP) is 2.81. The average Bonchev–Trinajstić information content (AvgIpc) is 2.54. The first-order valence-electron chi connectivity index (χ1n) is 8.27. The molecule has 2 rings (SSSR count). The molecular formula is C18H26N2O2. The van der Waals surface area contributed by atoms with E-state index in [0.29, 0.717) is 6.54 Å². The summed E-state index contributed by atoms with van der Waals surface area (Å²) in [6.45, 7) is 4.74. The Morgan fingerprint density at radius 2 is 2.05 bits per heavy atom. The Morgan fingerprint density at radius 3 is 2.68 bits per heavy atom. The second kappa shape index (κ2) is 7.43. The van der Waals surface area contributed by atoms with Gasteiger partial charge in [0.25, 0.3) is 0 Å². The molecule has 4 nitrogen and oxygen atoms in total. The first-order chi connectivity index (χ1) is 10.6. The van der Waals surface area contributed by atoms with Crippen molar-refractivity contribution in [2.75, 3.05) is 6.54 Å². The van der Waals surface area contributed by atoms with Gasteiger partial charge in [-0.25, -0.2) is 0 Å². The number of benzene rings is 1. The number of fused-ring (bicyclic) bond motifs is 1. The third-order valence-corrected chi connectivity index (χ3v) is 4.58. The van der Waals surface area contributed by atoms with Gasteiger partial charge in [-0.15, -0.1) is 0 Å². The lowest BCUT2D eigenvalue weighted by molar-refractivity contribution is -0.144. The van der Waals surface area contributed by atoms with E-state index in [2.05, 4.69) is 6.92 Å². The summed E-state index contributed by atoms with van der Waals surface area (Å²) in [7, 11) is 0. The Kier molecular flexibility index (Phi) is 5.58. The molecule has 2 amide bonds. The molecule has 0 spiro atoms. The summed E-state index contributed by atoms with van der Waals surface area (Å²) < 4.78 is 0. The molecule has 1 heterocycles. The number of hydrogen-bond donors (Lipinski definition) is 1. The summed E-state index contributed by atoms with van der Waals surface area (Å²) in [4.78, 5) is 26.6. The van der Waals surface area contributed by atoms with E-state index in [1.54, 1.807) is 4.90 Å². The lowest BCUT2D eigenvalue weighted by Crippen LogP contribution is -2.47. The Hall–Kier alpha value is -1.84. The lowest BCUT2D eigenvalue weighted by Gasteiger charge is -2.37. The van der Waals surface area contributed by atoms with Crippen molar-refractivity contribution in [2.24, 2.45) is 11.7 Å². The van der Waals surface area contributed by atoms with Crippen LogP contribution in [-0.4, -0.2) is 23.3 Å². The van der Waals surface area contributed by atoms with E-state index in [0.717, 1.165) is 43.2 Å². The lowest BCUT2D eigenvalue weighted by atomic mass is 9.89. The van der Waals surface area contributed by atoms with Crippen molar-refractivity contribution in [3.8, 4) is 0 Å². The normalized spacial score (nSPS) is 18.6. The van der Waals surface area contributed by atoms with Gasteiger partial charge in [-0.3, -0.25) is 9.59 Å². The van der Waals surface area contributed by atoms with Crippen LogP contribution < -0.4 is 5.73 Å². The van der Waals surface area contributed by atoms with Crippen LogP contribution in [0.4, 0.5) is 0 Å². The number of unbranched alkanes of at least 4 members (excludes halogenated alkanes) is 1. The van der Waals surface area contributed by atoms with Gasteiger partial charge < -0.3 is 10.6 Å². The highest BCUT2D eigenvalue weighted by molar-refractivity contribution is 5.89. The SMILES string of the molecule is CCCCC(CC)C(=O)N1CCc2ccccc2C1C(N)=O. The number of nitrogens with two attached hydrogens (primary N) is 1. The Balaban J connectivity index is 2.26. The Bertz CT molecular complexity index is 542. The van der Waals surface area contributed by atoms with Crippen LogP contribution in [0.1, 0.15) is 56.7 Å². The summed E-state index contributed by atoms with van der Waals surface area (Å²) in [6, 6.07) is 7.17. The van der Waals surface area contributed by atoms with Crippen LogP contribution in [-0.2, 0) is 16.0 Å². The molecule has 1 aliphatic rings. The fourth-order valence-electron chi connectivity index (χ4n) is 3.30. The van der Waals surface area contributed by atoms with E-state index in [1.807, 2.05) is 31.2 Å². The van der Waals surface area contributed by atoms with Crippen molar-refractivity contribution in [1.82, 2.24) is 4.90 Å². The molecule has 0 aromatic heterocycles. The van der Waals surface area contributed by atoms with E-state index in [-0.39, 0.29) is 11.8 Å². The minimum atomic E-state index is -0.617. The molecule has 1 aromatic carbocycles. The van der Waals surface area contributed by atoms with Crippen LogP contribution in [0.3, 0.4) is 0 Å². The van der Waals surface area contributed by atoms with Gasteiger partial charge in [0.2, 0.25) is 11.8 Å². The molecule has 2 atom stereocenters. The largest absolute Gasteiger partial charge is 0.368 e. The fourth-order valence-corrected chi connectivity index (χ4v) is 3.30. The first-order valence-corrected chi connectivity index (χ1v) is 8.27. The quantitative estimate of drug-likeness (QED) is 0.878. The van der Waals surface area contributed by atoms with Gasteiger partial charge >= 0.3 is 0 Å². The van der Waals surface area contributed by atoms with E-state index in [4.69, 9.17) is 5.73 Å². The third kappa shape index (κ3) is 3.32. The molecule has 0 bridgehead atoms. The zero-order chi connectivity index (χ0) is 16.1. The number of primary amides is 1. The van der Waals surface area contributed by atoms with Crippen molar-refractivity contribution in [3.05, 3.63) is 35.4 Å². The maximum Gasteiger partial charge on any atom is 0.244 e. The highest BCUT2D eigenvalue weighted by Crippen LogP contribution is 2.31. The summed E-state index contributed by atoms with van der Waals surface area (Å²) >= 11 is 0. The van der Waals surface area contributed by atoms with Crippen LogP contribution in [0.25, 0.3) is 0 Å². The molecule has 0 saturated carbocycles. The molecular weight excluding hydrogens is 276 g/mol. The summed E-state index contributed by atoms with van der Waals surface area (Å²) in [5.74, 6) is -0.368. The molecule has 1 aliphatic heterocycles. The molecule has 2 N–H and O–H groups in total. The molecule has 0 saturated heterocycles. The number of hydrogen-bond acceptors (Lipinski definition) is 2. The monoisotopic (exact) mass is 302 g/mol. The zero-order valence-corrected chi connectivity index (χ0v) is 13.5. The van der Waals surface area contributed by atoms with E-state index in [1.165, 1.54) is 0 Å². The van der Waals surface area contributed by atoms with Gasteiger partial charge in [0.15, 0.2) is 0 Å². The van der Waals surface area contributed by atoms with Gasteiger partial charge in [0.05, 0.1) is 0 Å². The number of nitrogens with zero attached hydrogens (tertiary/aromatic N) is 1. The molecule has 0 radical (unpaired) electrons. The van der Waals surface area contributed by atoms with Crippen molar-refractivity contribution < 1.29 is 9.59 Å². The molecule has 22 heavy (non-hydrogen) atoms. The summed E-state index contributed by atoms with van der Waals surface area (Å²) in [6.07, 6.45) is 4.59. The molecule has 2 unspecified atom stereocenters. The maximum absolute atomic E-state index is 12.9. The van der Waals surface area contributed by atoms with E-state index in [9.17, 15) is 9.59 Å². The van der Waals surface area contributed by atoms with Crippen molar-refractivity contribution >= 4 is 11.8 Å². The standard InChI is InChI=1S/C18H26N2O2/c1-3-5-8-13(4-2)18(22)20-12-11-14-9-6-7-10-15(14)16(20)17(19)21/h6-7,9-10,13,16H,3-5,8,11-12H2,1-2H3,(H2,19,21). The third-order valence-electron chi connectivity index (χ3n) is 4.58. The van der Waals surface area contributed by atoms with Gasteiger partial charge in [-0.05, 0) is 30.4 Å². The summed E-state index contributed by atoms with van der Waals surface area (Å²) in [5, 5.41) is 0. The second-order valence-electron chi connectivity index (χ2n) is 6.03. The molecule has 1 aromatic rings. The van der Waals surface area contributed by atoms with Gasteiger partial charge in [0, 0.05) is 12.5 Å². The minimum Gasteiger partial charge on any atom is -0.368 e. The van der Waals surface area contributed by atoms with Crippen LogP contribution in [0.5, 0.6) is 0 Å². The van der Waals surface area contributed by atoms with Gasteiger partial charge in [0.1, 0.15) is 6.04 Å². The van der Waals surface area contributed by atoms with E-state index < -0.39 is 11.9 Å². The number of carbonyl (C=O) groups excluding carboxylic acids is 2. The molecule has 120 valence electrons. The van der Waals surface area contributed by atoms with E-state index >= 15 is 0 Å². The Labute approximate surface area is 132 Å². The smallest absolute Gasteiger partial charge is 0.244 e. The highest BCUT2D eigenvalue weighted by atomic mass is 16.2. The minimum absolute atomic E-state index is 0.00735.